The van der Waals surface area contributed by atoms with Gasteiger partial charge < -0.3 is 9.32 Å². The second-order valence-corrected chi connectivity index (χ2v) is 13.6. The van der Waals surface area contributed by atoms with E-state index in [1.165, 1.54) is 58.6 Å². The SMILES string of the molecule is c1ccc(N(c2ccc(-c3ccc(-c4ccc5c(ccc6oc7ccccc7c65)c4)cc3)cc2)c2ccc3sc4ccccc4c3c2)cc1. The highest BCUT2D eigenvalue weighted by molar-refractivity contribution is 7.25. The highest BCUT2D eigenvalue weighted by atomic mass is 32.1. The van der Waals surface area contributed by atoms with Crippen molar-refractivity contribution < 1.29 is 4.42 Å². The van der Waals surface area contributed by atoms with Crippen LogP contribution in [0.2, 0.25) is 0 Å². The van der Waals surface area contributed by atoms with Crippen LogP contribution in [0.25, 0.3) is 75.1 Å². The topological polar surface area (TPSA) is 16.4 Å². The molecule has 10 rings (SSSR count). The van der Waals surface area contributed by atoms with E-state index in [4.69, 9.17) is 4.42 Å². The minimum Gasteiger partial charge on any atom is -0.456 e. The van der Waals surface area contributed by atoms with Crippen LogP contribution in [0.15, 0.2) is 180 Å². The van der Waals surface area contributed by atoms with Crippen LogP contribution >= 0.6 is 11.3 Å². The quantitative estimate of drug-likeness (QED) is 0.186. The zero-order valence-corrected chi connectivity index (χ0v) is 27.3. The number of nitrogens with zero attached hydrogens (tertiary/aromatic N) is 1. The zero-order valence-electron chi connectivity index (χ0n) is 26.5. The van der Waals surface area contributed by atoms with Gasteiger partial charge in [-0.25, -0.2) is 0 Å². The van der Waals surface area contributed by atoms with Crippen LogP contribution in [0, 0.1) is 0 Å². The van der Waals surface area contributed by atoms with Crippen LogP contribution in [0.3, 0.4) is 0 Å². The molecule has 0 saturated heterocycles. The van der Waals surface area contributed by atoms with Crippen LogP contribution < -0.4 is 4.90 Å². The summed E-state index contributed by atoms with van der Waals surface area (Å²) < 4.78 is 8.75. The molecule has 49 heavy (non-hydrogen) atoms. The zero-order chi connectivity index (χ0) is 32.3. The summed E-state index contributed by atoms with van der Waals surface area (Å²) in [6.07, 6.45) is 0. The lowest BCUT2D eigenvalue weighted by molar-refractivity contribution is 0.669. The molecule has 0 bridgehead atoms. The smallest absolute Gasteiger partial charge is 0.136 e. The summed E-state index contributed by atoms with van der Waals surface area (Å²) in [6.45, 7) is 0. The average molecular weight is 644 g/mol. The van der Waals surface area contributed by atoms with Crippen LogP contribution in [0.5, 0.6) is 0 Å². The monoisotopic (exact) mass is 643 g/mol. The van der Waals surface area contributed by atoms with Gasteiger partial charge in [-0.15, -0.1) is 11.3 Å². The third-order valence-corrected chi connectivity index (χ3v) is 10.8. The van der Waals surface area contributed by atoms with E-state index in [0.717, 1.165) is 33.6 Å². The molecule has 0 fully saturated rings. The Morgan fingerprint density at radius 2 is 0.980 bits per heavy atom. The number of thiophene rings is 1. The van der Waals surface area contributed by atoms with E-state index in [1.807, 2.05) is 23.5 Å². The van der Waals surface area contributed by atoms with Crippen molar-refractivity contribution >= 4 is 81.3 Å². The van der Waals surface area contributed by atoms with Crippen LogP contribution in [-0.4, -0.2) is 0 Å². The first-order chi connectivity index (χ1) is 24.3. The van der Waals surface area contributed by atoms with Crippen molar-refractivity contribution in [1.29, 1.82) is 0 Å². The van der Waals surface area contributed by atoms with Crippen molar-refractivity contribution in [3.05, 3.63) is 176 Å². The lowest BCUT2D eigenvalue weighted by atomic mass is 9.96. The Labute approximate surface area is 287 Å². The van der Waals surface area contributed by atoms with Gasteiger partial charge in [0.1, 0.15) is 11.2 Å². The maximum atomic E-state index is 6.12. The van der Waals surface area contributed by atoms with E-state index < -0.39 is 0 Å². The molecule has 3 heteroatoms. The minimum atomic E-state index is 0.930. The number of anilines is 3. The van der Waals surface area contributed by atoms with Crippen LogP contribution in [0.4, 0.5) is 17.1 Å². The Morgan fingerprint density at radius 3 is 1.80 bits per heavy atom. The van der Waals surface area contributed by atoms with Crippen LogP contribution in [0.1, 0.15) is 0 Å². The van der Waals surface area contributed by atoms with Gasteiger partial charge in [-0.1, -0.05) is 109 Å². The molecule has 2 heterocycles. The van der Waals surface area contributed by atoms with Crippen molar-refractivity contribution in [3.63, 3.8) is 0 Å². The Bertz CT molecular complexity index is 2810. The Morgan fingerprint density at radius 1 is 0.367 bits per heavy atom. The highest BCUT2D eigenvalue weighted by Crippen LogP contribution is 2.41. The molecule has 2 aromatic heterocycles. The van der Waals surface area contributed by atoms with E-state index in [-0.39, 0.29) is 0 Å². The summed E-state index contributed by atoms with van der Waals surface area (Å²) in [6, 6.07) is 63.3. The Hall–Kier alpha value is -6.16. The Kier molecular flexibility index (Phi) is 6.39. The van der Waals surface area contributed by atoms with Gasteiger partial charge in [-0.2, -0.15) is 0 Å². The lowest BCUT2D eigenvalue weighted by Gasteiger charge is -2.26. The standard InChI is InChI=1S/C46H29NOS/c1-2-8-35(9-3-1)47(37-24-27-45-41(29-37)39-10-5-7-13-44(39)49-45)36-22-18-31(19-23-36)30-14-16-32(17-15-30)33-20-25-38-34(28-33)21-26-43-46(38)40-11-4-6-12-42(40)48-43/h1-29H. The second-order valence-electron chi connectivity index (χ2n) is 12.5. The number of benzene rings is 8. The average Bonchev–Trinajstić information content (AvgIpc) is 3.74. The predicted octanol–water partition coefficient (Wildman–Crippen LogP) is 13.9. The fourth-order valence-electron chi connectivity index (χ4n) is 7.27. The molecule has 10 aromatic rings. The number of hydrogen-bond acceptors (Lipinski definition) is 3. The van der Waals surface area contributed by atoms with Crippen LogP contribution in [-0.2, 0) is 0 Å². The molecule has 0 atom stereocenters. The maximum absolute atomic E-state index is 6.12. The molecule has 230 valence electrons. The van der Waals surface area contributed by atoms with Gasteiger partial charge in [0.15, 0.2) is 0 Å². The summed E-state index contributed by atoms with van der Waals surface area (Å²) in [5, 5.41) is 7.38. The van der Waals surface area contributed by atoms with Gasteiger partial charge in [0.25, 0.3) is 0 Å². The molecule has 8 aromatic carbocycles. The van der Waals surface area contributed by atoms with Gasteiger partial charge in [-0.3, -0.25) is 0 Å². The molecule has 0 spiro atoms. The third-order valence-electron chi connectivity index (χ3n) is 9.67. The molecular weight excluding hydrogens is 615 g/mol. The molecule has 0 N–H and O–H groups in total. The molecule has 0 amide bonds. The molecule has 2 nitrogen and oxygen atoms in total. The summed E-state index contributed by atoms with van der Waals surface area (Å²) in [4.78, 5) is 2.35. The van der Waals surface area contributed by atoms with Gasteiger partial charge >= 0.3 is 0 Å². The first kappa shape index (κ1) is 27.9. The number of para-hydroxylation sites is 2. The maximum Gasteiger partial charge on any atom is 0.136 e. The van der Waals surface area contributed by atoms with Gasteiger partial charge in [0.2, 0.25) is 0 Å². The molecule has 0 aliphatic carbocycles. The fourth-order valence-corrected chi connectivity index (χ4v) is 8.35. The molecule has 0 radical (unpaired) electrons. The normalized spacial score (nSPS) is 11.7. The molecule has 0 saturated carbocycles. The third kappa shape index (κ3) is 4.70. The summed E-state index contributed by atoms with van der Waals surface area (Å²) >= 11 is 1.85. The van der Waals surface area contributed by atoms with Crippen molar-refractivity contribution in [2.75, 3.05) is 4.90 Å². The van der Waals surface area contributed by atoms with E-state index in [1.54, 1.807) is 0 Å². The van der Waals surface area contributed by atoms with Crippen molar-refractivity contribution in [3.8, 4) is 22.3 Å². The van der Waals surface area contributed by atoms with E-state index in [0.29, 0.717) is 0 Å². The van der Waals surface area contributed by atoms with E-state index in [9.17, 15) is 0 Å². The molecule has 0 aliphatic heterocycles. The molecular formula is C46H29NOS. The van der Waals surface area contributed by atoms with E-state index >= 15 is 0 Å². The van der Waals surface area contributed by atoms with Crippen molar-refractivity contribution in [2.24, 2.45) is 0 Å². The fraction of sp³-hybridized carbons (Fsp3) is 0. The largest absolute Gasteiger partial charge is 0.456 e. The summed E-state index contributed by atoms with van der Waals surface area (Å²) in [5.74, 6) is 0. The summed E-state index contributed by atoms with van der Waals surface area (Å²) in [7, 11) is 0. The van der Waals surface area contributed by atoms with Gasteiger partial charge in [-0.05, 0) is 99.8 Å². The van der Waals surface area contributed by atoms with Gasteiger partial charge in [0.05, 0.1) is 0 Å². The minimum absolute atomic E-state index is 0.930. The van der Waals surface area contributed by atoms with Crippen molar-refractivity contribution in [1.82, 2.24) is 0 Å². The molecule has 0 aliphatic rings. The van der Waals surface area contributed by atoms with E-state index in [2.05, 4.69) is 169 Å². The highest BCUT2D eigenvalue weighted by Gasteiger charge is 2.15. The van der Waals surface area contributed by atoms with Gasteiger partial charge in [0, 0.05) is 48.0 Å². The lowest BCUT2D eigenvalue weighted by Crippen LogP contribution is -2.09. The number of rotatable bonds is 5. The van der Waals surface area contributed by atoms with Crippen molar-refractivity contribution in [2.45, 2.75) is 0 Å². The molecule has 0 unspecified atom stereocenters. The summed E-state index contributed by atoms with van der Waals surface area (Å²) in [5.41, 5.74) is 10.1. The number of fused-ring (bicyclic) bond motifs is 8. The number of hydrogen-bond donors (Lipinski definition) is 0. The predicted molar refractivity (Wildman–Crippen MR) is 210 cm³/mol. The first-order valence-electron chi connectivity index (χ1n) is 16.6. The first-order valence-corrected chi connectivity index (χ1v) is 17.4. The number of furan rings is 1. The second kappa shape index (κ2) is 11.2. The Balaban J connectivity index is 0.974.